The molecule has 12 heteroatoms. The minimum atomic E-state index is -2.19. The fraction of sp³-hybridized carbons (Fsp3) is 0.286. The molecular formula is C35H27Cl2FN2O7. The number of ether oxygens (including phenoxy) is 1. The molecule has 6 atom stereocenters. The van der Waals surface area contributed by atoms with Gasteiger partial charge in [0.1, 0.15) is 17.3 Å². The molecule has 2 saturated heterocycles. The van der Waals surface area contributed by atoms with Crippen LogP contribution in [0.1, 0.15) is 41.6 Å². The number of Topliss-reactive ketones (excluding diaryl/α,β-unsaturated/α-hetero) is 1. The second-order valence-corrected chi connectivity index (χ2v) is 13.5. The number of carbonyl (C=O) groups excluding carboxylic acids is 5. The summed E-state index contributed by atoms with van der Waals surface area (Å²) in [4.78, 5) is 66.2. The summed E-state index contributed by atoms with van der Waals surface area (Å²) in [6, 6.07) is 15.3. The predicted molar refractivity (Wildman–Crippen MR) is 170 cm³/mol. The number of phenols is 1. The topological polar surface area (TPSA) is 121 Å². The van der Waals surface area contributed by atoms with E-state index in [-0.39, 0.29) is 35.6 Å². The van der Waals surface area contributed by atoms with Gasteiger partial charge in [-0.05, 0) is 80.3 Å². The number of nitrogens with zero attached hydrogens (tertiary/aromatic N) is 2. The highest BCUT2D eigenvalue weighted by molar-refractivity contribution is 6.58. The van der Waals surface area contributed by atoms with Gasteiger partial charge in [0.25, 0.3) is 11.8 Å². The Hall–Kier alpha value is -4.54. The van der Waals surface area contributed by atoms with Crippen molar-refractivity contribution in [1.29, 1.82) is 0 Å². The van der Waals surface area contributed by atoms with Crippen LogP contribution in [0, 0.1) is 23.6 Å². The number of fused-ring (bicyclic) bond motifs is 4. The third-order valence-electron chi connectivity index (χ3n) is 9.98. The fourth-order valence-electron chi connectivity index (χ4n) is 7.74. The van der Waals surface area contributed by atoms with Gasteiger partial charge in [0, 0.05) is 23.1 Å². The summed E-state index contributed by atoms with van der Waals surface area (Å²) >= 11 is 14.7. The number of imide groups is 2. The molecule has 1 N–H and O–H groups in total. The second-order valence-electron chi connectivity index (χ2n) is 12.3. The van der Waals surface area contributed by atoms with Gasteiger partial charge in [-0.15, -0.1) is 23.2 Å². The van der Waals surface area contributed by atoms with Crippen molar-refractivity contribution in [3.8, 4) is 11.5 Å². The normalized spacial score (nSPS) is 29.8. The molecule has 1 saturated carbocycles. The number of carbonyl (C=O) groups is 5. The zero-order valence-electron chi connectivity index (χ0n) is 25.1. The van der Waals surface area contributed by atoms with Gasteiger partial charge in [-0.3, -0.25) is 28.9 Å². The Labute approximate surface area is 278 Å². The molecule has 4 aliphatic rings. The molecular weight excluding hydrogens is 650 g/mol. The van der Waals surface area contributed by atoms with Crippen LogP contribution in [0.15, 0.2) is 78.4 Å². The molecule has 0 aromatic heterocycles. The maximum absolute atomic E-state index is 14.4. The molecule has 0 spiro atoms. The van der Waals surface area contributed by atoms with Crippen molar-refractivity contribution in [2.45, 2.75) is 35.4 Å². The van der Waals surface area contributed by atoms with Crippen molar-refractivity contribution in [3.05, 3.63) is 95.3 Å². The Morgan fingerprint density at radius 3 is 2.15 bits per heavy atom. The van der Waals surface area contributed by atoms with Gasteiger partial charge in [-0.2, -0.15) is 0 Å². The maximum Gasteiger partial charge on any atom is 0.258 e. The standard InChI is InChI=1S/C35H27Cl2FN2O7/c1-17(41)18-3-7-20(8-4-18)39-30(43)25-14-13-23-26(28(25)31(39)44)16-34(36)32(45)40(21-9-5-19(38)6-10-21)33(46)35(34,37)29(23)24-12-11-22(47-2)15-27(24)42/h3-13,15,25-26,28-29,42H,14,16H2,1-2H3/t25-,26+,28-,29+,34+,35-/m0/s1. The zero-order valence-corrected chi connectivity index (χ0v) is 26.6. The van der Waals surface area contributed by atoms with Gasteiger partial charge in [0.15, 0.2) is 15.5 Å². The number of halogens is 3. The minimum Gasteiger partial charge on any atom is -0.508 e. The number of hydrogen-bond acceptors (Lipinski definition) is 7. The molecule has 3 fully saturated rings. The lowest BCUT2D eigenvalue weighted by molar-refractivity contribution is -0.125. The zero-order chi connectivity index (χ0) is 33.6. The Morgan fingerprint density at radius 1 is 0.894 bits per heavy atom. The molecule has 4 amide bonds. The van der Waals surface area contributed by atoms with Crippen molar-refractivity contribution < 1.29 is 38.2 Å². The molecule has 0 bridgehead atoms. The molecule has 47 heavy (non-hydrogen) atoms. The first-order chi connectivity index (χ1) is 22.3. The van der Waals surface area contributed by atoms with Crippen molar-refractivity contribution in [2.24, 2.45) is 17.8 Å². The van der Waals surface area contributed by atoms with Crippen LogP contribution < -0.4 is 14.5 Å². The highest BCUT2D eigenvalue weighted by atomic mass is 35.5. The number of anilines is 2. The average Bonchev–Trinajstić information content (AvgIpc) is 3.39. The number of allylic oxidation sites excluding steroid dienone is 2. The van der Waals surface area contributed by atoms with Gasteiger partial charge >= 0.3 is 0 Å². The van der Waals surface area contributed by atoms with E-state index < -0.39 is 62.9 Å². The van der Waals surface area contributed by atoms with Crippen LogP contribution in [-0.4, -0.2) is 51.4 Å². The average molecular weight is 678 g/mol. The summed E-state index contributed by atoms with van der Waals surface area (Å²) in [6.45, 7) is 1.41. The first-order valence-corrected chi connectivity index (χ1v) is 15.7. The predicted octanol–water partition coefficient (Wildman–Crippen LogP) is 5.51. The first-order valence-electron chi connectivity index (χ1n) is 14.9. The molecule has 7 rings (SSSR count). The molecule has 2 heterocycles. The molecule has 3 aromatic rings. The number of phenolic OH excluding ortho intramolecular Hbond substituents is 1. The van der Waals surface area contributed by atoms with Crippen LogP contribution in [0.25, 0.3) is 0 Å². The third kappa shape index (κ3) is 4.24. The number of benzene rings is 3. The quantitative estimate of drug-likeness (QED) is 0.164. The van der Waals surface area contributed by atoms with Crippen LogP contribution in [-0.2, 0) is 19.2 Å². The largest absolute Gasteiger partial charge is 0.508 e. The molecule has 3 aromatic carbocycles. The Morgan fingerprint density at radius 2 is 1.53 bits per heavy atom. The van der Waals surface area contributed by atoms with E-state index >= 15 is 0 Å². The molecule has 0 unspecified atom stereocenters. The first kappa shape index (κ1) is 31.1. The lowest BCUT2D eigenvalue weighted by Gasteiger charge is -2.50. The highest BCUT2D eigenvalue weighted by Gasteiger charge is 2.77. The SMILES string of the molecule is COc1ccc([C@H]2C3=CC[C@@H]4C(=O)N(c5ccc(C(C)=O)cc5)C(=O)[C@@H]4[C@@H]3C[C@@]3(Cl)C(=O)N(c4ccc(F)cc4)C(=O)[C@@]23Cl)c(O)c1. The monoisotopic (exact) mass is 676 g/mol. The Balaban J connectivity index is 1.38. The second kappa shape index (κ2) is 10.7. The van der Waals surface area contributed by atoms with Crippen LogP contribution >= 0.6 is 23.2 Å². The number of ketones is 1. The summed E-state index contributed by atoms with van der Waals surface area (Å²) < 4.78 is 19.1. The summed E-state index contributed by atoms with van der Waals surface area (Å²) in [5.41, 5.74) is 1.44. The molecule has 2 aliphatic heterocycles. The van der Waals surface area contributed by atoms with Crippen LogP contribution in [0.2, 0.25) is 0 Å². The lowest BCUT2D eigenvalue weighted by Crippen LogP contribution is -2.60. The minimum absolute atomic E-state index is 0.0516. The van der Waals surface area contributed by atoms with Crippen molar-refractivity contribution in [1.82, 2.24) is 0 Å². The third-order valence-corrected chi connectivity index (χ3v) is 11.4. The number of rotatable bonds is 5. The van der Waals surface area contributed by atoms with E-state index in [2.05, 4.69) is 0 Å². The Kier molecular flexibility index (Phi) is 7.11. The van der Waals surface area contributed by atoms with Crippen LogP contribution in [0.3, 0.4) is 0 Å². The van der Waals surface area contributed by atoms with Gasteiger partial charge in [-0.1, -0.05) is 17.7 Å². The van der Waals surface area contributed by atoms with E-state index in [4.69, 9.17) is 27.9 Å². The van der Waals surface area contributed by atoms with E-state index in [1.54, 1.807) is 12.1 Å². The number of aromatic hydroxyl groups is 1. The molecule has 2 aliphatic carbocycles. The van der Waals surface area contributed by atoms with E-state index in [9.17, 15) is 33.5 Å². The molecule has 9 nitrogen and oxygen atoms in total. The number of alkyl halides is 2. The fourth-order valence-corrected chi connectivity index (χ4v) is 8.67. The lowest BCUT2D eigenvalue weighted by atomic mass is 9.56. The number of methoxy groups -OCH3 is 1. The summed E-state index contributed by atoms with van der Waals surface area (Å²) in [5, 5.41) is 11.3. The van der Waals surface area contributed by atoms with E-state index in [1.807, 2.05) is 0 Å². The van der Waals surface area contributed by atoms with E-state index in [1.165, 1.54) is 62.6 Å². The van der Waals surface area contributed by atoms with Crippen molar-refractivity contribution in [3.63, 3.8) is 0 Å². The summed E-state index contributed by atoms with van der Waals surface area (Å²) in [6.07, 6.45) is 1.62. The van der Waals surface area contributed by atoms with Gasteiger partial charge in [-0.25, -0.2) is 9.29 Å². The van der Waals surface area contributed by atoms with Gasteiger partial charge < -0.3 is 9.84 Å². The smallest absolute Gasteiger partial charge is 0.258 e. The van der Waals surface area contributed by atoms with Gasteiger partial charge in [0.05, 0.1) is 30.3 Å². The van der Waals surface area contributed by atoms with Crippen molar-refractivity contribution in [2.75, 3.05) is 16.9 Å². The van der Waals surface area contributed by atoms with Crippen LogP contribution in [0.5, 0.6) is 11.5 Å². The molecule has 240 valence electrons. The number of hydrogen-bond donors (Lipinski definition) is 1. The summed E-state index contributed by atoms with van der Waals surface area (Å²) in [5.74, 6) is -7.19. The maximum atomic E-state index is 14.4. The van der Waals surface area contributed by atoms with E-state index in [0.29, 0.717) is 22.6 Å². The summed E-state index contributed by atoms with van der Waals surface area (Å²) in [7, 11) is 1.42. The highest BCUT2D eigenvalue weighted by Crippen LogP contribution is 2.66. The van der Waals surface area contributed by atoms with E-state index in [0.717, 1.165) is 21.9 Å². The molecule has 0 radical (unpaired) electrons. The number of amides is 4. The van der Waals surface area contributed by atoms with Crippen LogP contribution in [0.4, 0.5) is 15.8 Å². The van der Waals surface area contributed by atoms with Gasteiger partial charge in [0.2, 0.25) is 11.8 Å². The Bertz CT molecular complexity index is 1930. The van der Waals surface area contributed by atoms with Crippen molar-refractivity contribution >= 4 is 64.0 Å².